The van der Waals surface area contributed by atoms with E-state index < -0.39 is 10.0 Å². The van der Waals surface area contributed by atoms with Gasteiger partial charge in [0.25, 0.3) is 0 Å². The number of aromatic amines is 1. The topological polar surface area (TPSA) is 112 Å². The molecule has 0 atom stereocenters. The third kappa shape index (κ3) is 4.28. The Hall–Kier alpha value is -2.54. The second-order valence-corrected chi connectivity index (χ2v) is 9.92. The average molecular weight is 447 g/mol. The highest BCUT2D eigenvalue weighted by atomic mass is 32.2. The molecule has 0 aromatic carbocycles. The van der Waals surface area contributed by atoms with Crippen LogP contribution in [-0.4, -0.2) is 101 Å². The van der Waals surface area contributed by atoms with Gasteiger partial charge in [-0.3, -0.25) is 10.00 Å². The van der Waals surface area contributed by atoms with Crippen LogP contribution in [-0.2, 0) is 21.3 Å². The predicted molar refractivity (Wildman–Crippen MR) is 115 cm³/mol. The molecule has 11 nitrogen and oxygen atoms in total. The monoisotopic (exact) mass is 446 g/mol. The summed E-state index contributed by atoms with van der Waals surface area (Å²) in [5.74, 6) is 0.843. The number of H-pyrrole nitrogens is 1. The van der Waals surface area contributed by atoms with Crippen LogP contribution in [0.2, 0.25) is 0 Å². The molecule has 2 saturated heterocycles. The zero-order valence-electron chi connectivity index (χ0n) is 17.4. The molecule has 0 spiro atoms. The van der Waals surface area contributed by atoms with E-state index in [-0.39, 0.29) is 0 Å². The number of fused-ring (bicyclic) bond motifs is 1. The minimum Gasteiger partial charge on any atom is -0.378 e. The van der Waals surface area contributed by atoms with Crippen LogP contribution >= 0.6 is 0 Å². The Morgan fingerprint density at radius 1 is 1.06 bits per heavy atom. The van der Waals surface area contributed by atoms with Gasteiger partial charge in [-0.15, -0.1) is 0 Å². The van der Waals surface area contributed by atoms with E-state index in [1.54, 1.807) is 6.20 Å². The highest BCUT2D eigenvalue weighted by Crippen LogP contribution is 2.26. The summed E-state index contributed by atoms with van der Waals surface area (Å²) in [7, 11) is -3.13. The molecular weight excluding hydrogens is 420 g/mol. The molecule has 0 bridgehead atoms. The maximum Gasteiger partial charge on any atom is 0.211 e. The first-order chi connectivity index (χ1) is 15.0. The number of aromatic nitrogens is 5. The molecule has 3 aromatic heterocycles. The number of ether oxygens (including phenoxy) is 1. The lowest BCUT2D eigenvalue weighted by atomic mass is 10.2. The van der Waals surface area contributed by atoms with E-state index in [0.717, 1.165) is 41.5 Å². The SMILES string of the molecule is CS(=O)(=O)N1CCN(Cc2cn3cc(-c4cn[nH]c4)nc(N4CCOCC4)c3n2)CC1. The Bertz CT molecular complexity index is 1150. The van der Waals surface area contributed by atoms with E-state index >= 15 is 0 Å². The molecule has 2 aliphatic rings. The van der Waals surface area contributed by atoms with E-state index in [9.17, 15) is 8.42 Å². The van der Waals surface area contributed by atoms with Crippen LogP contribution < -0.4 is 4.90 Å². The Balaban J connectivity index is 1.43. The third-order valence-corrected chi connectivity index (χ3v) is 7.06. The van der Waals surface area contributed by atoms with Crippen LogP contribution in [0.1, 0.15) is 5.69 Å². The van der Waals surface area contributed by atoms with Gasteiger partial charge in [0.05, 0.1) is 37.1 Å². The number of anilines is 1. The number of imidazole rings is 1. The third-order valence-electron chi connectivity index (χ3n) is 5.76. The number of sulfonamides is 1. The molecule has 12 heteroatoms. The molecule has 31 heavy (non-hydrogen) atoms. The molecule has 166 valence electrons. The van der Waals surface area contributed by atoms with Crippen molar-refractivity contribution in [3.63, 3.8) is 0 Å². The second kappa shape index (κ2) is 8.19. The van der Waals surface area contributed by atoms with E-state index in [0.29, 0.717) is 45.9 Å². The van der Waals surface area contributed by atoms with Crippen molar-refractivity contribution in [2.45, 2.75) is 6.54 Å². The fourth-order valence-electron chi connectivity index (χ4n) is 4.07. The van der Waals surface area contributed by atoms with Gasteiger partial charge < -0.3 is 14.0 Å². The van der Waals surface area contributed by atoms with Crippen LogP contribution in [0.4, 0.5) is 5.82 Å². The van der Waals surface area contributed by atoms with Crippen molar-refractivity contribution < 1.29 is 13.2 Å². The Labute approximate surface area is 180 Å². The number of rotatable bonds is 5. The standard InChI is InChI=1S/C19H26N8O3S/c1-31(28,29)27-4-2-24(3-5-27)12-16-13-26-14-17(15-10-20-21-11-15)23-19(18(26)22-16)25-6-8-30-9-7-25/h10-11,13-14H,2-9,12H2,1H3,(H,20,21). The molecule has 2 fully saturated rings. The van der Waals surface area contributed by atoms with Gasteiger partial charge in [0, 0.05) is 70.0 Å². The van der Waals surface area contributed by atoms with Crippen LogP contribution in [0, 0.1) is 0 Å². The van der Waals surface area contributed by atoms with Crippen molar-refractivity contribution in [3.05, 3.63) is 30.5 Å². The summed E-state index contributed by atoms with van der Waals surface area (Å²) in [6.07, 6.45) is 8.87. The largest absolute Gasteiger partial charge is 0.378 e. The lowest BCUT2D eigenvalue weighted by Crippen LogP contribution is -2.47. The van der Waals surface area contributed by atoms with Gasteiger partial charge in [-0.05, 0) is 0 Å². The minimum absolute atomic E-state index is 0.511. The van der Waals surface area contributed by atoms with Gasteiger partial charge in [0.2, 0.25) is 10.0 Å². The first-order valence-electron chi connectivity index (χ1n) is 10.4. The quantitative estimate of drug-likeness (QED) is 0.584. The molecule has 0 unspecified atom stereocenters. The van der Waals surface area contributed by atoms with Crippen molar-refractivity contribution in [2.75, 3.05) is 63.6 Å². The number of hydrogen-bond acceptors (Lipinski definition) is 8. The predicted octanol–water partition coefficient (Wildman–Crippen LogP) is 0.0332. The Kier molecular flexibility index (Phi) is 5.38. The molecule has 0 aliphatic carbocycles. The van der Waals surface area contributed by atoms with Gasteiger partial charge in [-0.25, -0.2) is 18.4 Å². The van der Waals surface area contributed by atoms with E-state index in [4.69, 9.17) is 14.7 Å². The van der Waals surface area contributed by atoms with Gasteiger partial charge in [-0.2, -0.15) is 9.40 Å². The number of piperazine rings is 1. The van der Waals surface area contributed by atoms with Gasteiger partial charge in [0.1, 0.15) is 0 Å². The van der Waals surface area contributed by atoms with E-state index in [1.165, 1.54) is 10.6 Å². The Morgan fingerprint density at radius 2 is 1.84 bits per heavy atom. The fourth-order valence-corrected chi connectivity index (χ4v) is 4.90. The van der Waals surface area contributed by atoms with Crippen molar-refractivity contribution >= 4 is 21.5 Å². The average Bonchev–Trinajstić information content (AvgIpc) is 3.43. The molecule has 1 N–H and O–H groups in total. The first-order valence-corrected chi connectivity index (χ1v) is 12.2. The number of hydrogen-bond donors (Lipinski definition) is 1. The summed E-state index contributed by atoms with van der Waals surface area (Å²) in [6.45, 7) is 5.95. The highest BCUT2D eigenvalue weighted by Gasteiger charge is 2.25. The van der Waals surface area contributed by atoms with Gasteiger partial charge >= 0.3 is 0 Å². The highest BCUT2D eigenvalue weighted by molar-refractivity contribution is 7.88. The number of nitrogens with one attached hydrogen (secondary N) is 1. The zero-order valence-corrected chi connectivity index (χ0v) is 18.3. The molecular formula is C19H26N8O3S. The Morgan fingerprint density at radius 3 is 2.52 bits per heavy atom. The molecule has 0 saturated carbocycles. The molecule has 5 rings (SSSR count). The zero-order chi connectivity index (χ0) is 21.4. The van der Waals surface area contributed by atoms with Gasteiger partial charge in [-0.1, -0.05) is 0 Å². The summed E-state index contributed by atoms with van der Waals surface area (Å²) >= 11 is 0. The summed E-state index contributed by atoms with van der Waals surface area (Å²) in [5.41, 5.74) is 3.50. The summed E-state index contributed by atoms with van der Waals surface area (Å²) < 4.78 is 32.6. The molecule has 5 heterocycles. The fraction of sp³-hybridized carbons (Fsp3) is 0.526. The number of morpholine rings is 1. The minimum atomic E-state index is -3.13. The van der Waals surface area contributed by atoms with Crippen LogP contribution in [0.3, 0.4) is 0 Å². The van der Waals surface area contributed by atoms with Crippen LogP contribution in [0.5, 0.6) is 0 Å². The van der Waals surface area contributed by atoms with Crippen molar-refractivity contribution in [2.24, 2.45) is 0 Å². The maximum absolute atomic E-state index is 11.8. The lowest BCUT2D eigenvalue weighted by Gasteiger charge is -2.32. The molecule has 0 radical (unpaired) electrons. The number of nitrogens with zero attached hydrogens (tertiary/aromatic N) is 7. The summed E-state index contributed by atoms with van der Waals surface area (Å²) in [6, 6.07) is 0. The summed E-state index contributed by atoms with van der Waals surface area (Å²) in [5, 5.41) is 6.90. The molecule has 3 aromatic rings. The molecule has 2 aliphatic heterocycles. The van der Waals surface area contributed by atoms with Gasteiger partial charge in [0.15, 0.2) is 11.5 Å². The maximum atomic E-state index is 11.8. The summed E-state index contributed by atoms with van der Waals surface area (Å²) in [4.78, 5) is 14.2. The second-order valence-electron chi connectivity index (χ2n) is 7.94. The lowest BCUT2D eigenvalue weighted by molar-refractivity contribution is 0.122. The normalized spacial score (nSPS) is 19.3. The van der Waals surface area contributed by atoms with Crippen molar-refractivity contribution in [1.29, 1.82) is 0 Å². The first kappa shape index (κ1) is 20.4. The van der Waals surface area contributed by atoms with E-state index in [2.05, 4.69) is 20.0 Å². The smallest absolute Gasteiger partial charge is 0.211 e. The van der Waals surface area contributed by atoms with Crippen LogP contribution in [0.15, 0.2) is 24.8 Å². The van der Waals surface area contributed by atoms with E-state index in [1.807, 2.05) is 23.0 Å². The van der Waals surface area contributed by atoms with Crippen molar-refractivity contribution in [3.8, 4) is 11.3 Å². The molecule has 0 amide bonds. The van der Waals surface area contributed by atoms with Crippen LogP contribution in [0.25, 0.3) is 16.9 Å². The van der Waals surface area contributed by atoms with Crippen molar-refractivity contribution in [1.82, 2.24) is 33.8 Å².